The zero-order chi connectivity index (χ0) is 20.5. The highest BCUT2D eigenvalue weighted by molar-refractivity contribution is 5.92. The maximum atomic E-state index is 12.5. The van der Waals surface area contributed by atoms with Gasteiger partial charge in [0.1, 0.15) is 5.82 Å². The lowest BCUT2D eigenvalue weighted by atomic mass is 10.3. The Hall–Kier alpha value is -3.69. The molecule has 3 aromatic heterocycles. The van der Waals surface area contributed by atoms with E-state index in [9.17, 15) is 9.59 Å². The van der Waals surface area contributed by atoms with Crippen LogP contribution in [-0.4, -0.2) is 62.6 Å². The van der Waals surface area contributed by atoms with E-state index >= 15 is 0 Å². The van der Waals surface area contributed by atoms with Gasteiger partial charge in [-0.05, 0) is 37.1 Å². The maximum Gasteiger partial charge on any atom is 0.322 e. The van der Waals surface area contributed by atoms with Gasteiger partial charge in [-0.2, -0.15) is 9.50 Å². The minimum Gasteiger partial charge on any atom is -0.353 e. The smallest absolute Gasteiger partial charge is 0.322 e. The summed E-state index contributed by atoms with van der Waals surface area (Å²) in [6.45, 7) is 2.51. The van der Waals surface area contributed by atoms with E-state index in [4.69, 9.17) is 0 Å². The van der Waals surface area contributed by atoms with Crippen molar-refractivity contribution in [3.05, 3.63) is 42.7 Å². The molecule has 5 rings (SSSR count). The van der Waals surface area contributed by atoms with Gasteiger partial charge in [0, 0.05) is 38.3 Å². The molecule has 1 aliphatic heterocycles. The minimum atomic E-state index is -0.133. The number of fused-ring (bicyclic) bond motifs is 1. The van der Waals surface area contributed by atoms with Crippen molar-refractivity contribution in [2.24, 2.45) is 5.92 Å². The van der Waals surface area contributed by atoms with Crippen LogP contribution < -0.4 is 15.5 Å². The summed E-state index contributed by atoms with van der Waals surface area (Å²) in [6, 6.07) is 9.22. The van der Waals surface area contributed by atoms with Crippen molar-refractivity contribution in [1.82, 2.24) is 24.5 Å². The van der Waals surface area contributed by atoms with Gasteiger partial charge in [0.05, 0.1) is 11.9 Å². The SMILES string of the molecule is O=C(Nc1nc2cccc(N3CCN(C(=O)Nc4cccnc4)CC3)n2n1)C1CC1. The normalized spacial score (nSPS) is 16.5. The number of hydrogen-bond acceptors (Lipinski definition) is 6. The van der Waals surface area contributed by atoms with Gasteiger partial charge >= 0.3 is 6.03 Å². The molecule has 2 aliphatic rings. The van der Waals surface area contributed by atoms with Crippen molar-refractivity contribution in [3.8, 4) is 0 Å². The molecule has 0 unspecified atom stereocenters. The molecule has 10 heteroatoms. The number of aromatic nitrogens is 4. The Bertz CT molecular complexity index is 1070. The molecule has 0 aromatic carbocycles. The van der Waals surface area contributed by atoms with Crippen molar-refractivity contribution in [3.63, 3.8) is 0 Å². The highest BCUT2D eigenvalue weighted by Crippen LogP contribution is 2.30. The van der Waals surface area contributed by atoms with Crippen molar-refractivity contribution in [2.75, 3.05) is 41.7 Å². The standard InChI is InChI=1S/C20H22N8O2/c29-18(14-6-7-14)24-19-23-16-4-1-5-17(28(16)25-19)26-9-11-27(12-10-26)20(30)22-15-3-2-8-21-13-15/h1-5,8,13-14H,6-7,9-12H2,(H,22,30)(H,24,25,29). The van der Waals surface area contributed by atoms with Crippen molar-refractivity contribution in [1.29, 1.82) is 0 Å². The van der Waals surface area contributed by atoms with Crippen LogP contribution >= 0.6 is 0 Å². The molecule has 0 spiro atoms. The Morgan fingerprint density at radius 2 is 1.83 bits per heavy atom. The third kappa shape index (κ3) is 3.76. The van der Waals surface area contributed by atoms with Crippen LogP contribution in [0.3, 0.4) is 0 Å². The van der Waals surface area contributed by atoms with Gasteiger partial charge in [0.15, 0.2) is 5.65 Å². The van der Waals surface area contributed by atoms with Crippen molar-refractivity contribution in [2.45, 2.75) is 12.8 Å². The molecule has 4 heterocycles. The Kier molecular flexibility index (Phi) is 4.66. The van der Waals surface area contributed by atoms with E-state index in [0.717, 1.165) is 18.7 Å². The second-order valence-electron chi connectivity index (χ2n) is 7.50. The number of amides is 3. The summed E-state index contributed by atoms with van der Waals surface area (Å²) in [7, 11) is 0. The number of nitrogens with zero attached hydrogens (tertiary/aromatic N) is 6. The maximum absolute atomic E-state index is 12.5. The number of carbonyl (C=O) groups is 2. The predicted octanol–water partition coefficient (Wildman–Crippen LogP) is 1.83. The number of pyridine rings is 2. The highest BCUT2D eigenvalue weighted by atomic mass is 16.2. The third-order valence-electron chi connectivity index (χ3n) is 5.33. The summed E-state index contributed by atoms with van der Waals surface area (Å²) in [6.07, 6.45) is 5.16. The van der Waals surface area contributed by atoms with E-state index in [-0.39, 0.29) is 17.9 Å². The van der Waals surface area contributed by atoms with E-state index in [2.05, 4.69) is 30.6 Å². The number of urea groups is 1. The Morgan fingerprint density at radius 3 is 2.57 bits per heavy atom. The first-order valence-electron chi connectivity index (χ1n) is 10.0. The van der Waals surface area contributed by atoms with Crippen molar-refractivity contribution < 1.29 is 9.59 Å². The fourth-order valence-corrected chi connectivity index (χ4v) is 3.52. The molecule has 3 aromatic rings. The van der Waals surface area contributed by atoms with Crippen LogP contribution in [-0.2, 0) is 4.79 Å². The molecule has 154 valence electrons. The fourth-order valence-electron chi connectivity index (χ4n) is 3.52. The monoisotopic (exact) mass is 406 g/mol. The molecule has 30 heavy (non-hydrogen) atoms. The molecule has 1 saturated carbocycles. The molecular weight excluding hydrogens is 384 g/mol. The van der Waals surface area contributed by atoms with E-state index in [1.807, 2.05) is 24.3 Å². The highest BCUT2D eigenvalue weighted by Gasteiger charge is 2.30. The topological polar surface area (TPSA) is 108 Å². The van der Waals surface area contributed by atoms with Crippen LogP contribution in [0.25, 0.3) is 5.65 Å². The van der Waals surface area contributed by atoms with E-state index in [0.29, 0.717) is 43.5 Å². The zero-order valence-electron chi connectivity index (χ0n) is 16.4. The molecule has 0 radical (unpaired) electrons. The second kappa shape index (κ2) is 7.62. The van der Waals surface area contributed by atoms with Gasteiger partial charge < -0.3 is 15.1 Å². The quantitative estimate of drug-likeness (QED) is 0.684. The molecular formula is C20H22N8O2. The molecule has 2 N–H and O–H groups in total. The molecule has 1 aliphatic carbocycles. The molecule has 10 nitrogen and oxygen atoms in total. The molecule has 1 saturated heterocycles. The van der Waals surface area contributed by atoms with Crippen LogP contribution in [0.4, 0.5) is 22.2 Å². The predicted molar refractivity (Wildman–Crippen MR) is 111 cm³/mol. The van der Waals surface area contributed by atoms with Crippen LogP contribution in [0.5, 0.6) is 0 Å². The third-order valence-corrected chi connectivity index (χ3v) is 5.33. The summed E-state index contributed by atoms with van der Waals surface area (Å²) in [5.74, 6) is 1.30. The van der Waals surface area contributed by atoms with Crippen LogP contribution in [0.1, 0.15) is 12.8 Å². The first kappa shape index (κ1) is 18.3. The van der Waals surface area contributed by atoms with E-state index in [1.54, 1.807) is 27.9 Å². The summed E-state index contributed by atoms with van der Waals surface area (Å²) >= 11 is 0. The summed E-state index contributed by atoms with van der Waals surface area (Å²) in [5.41, 5.74) is 1.36. The van der Waals surface area contributed by atoms with Gasteiger partial charge in [-0.1, -0.05) is 6.07 Å². The second-order valence-corrected chi connectivity index (χ2v) is 7.50. The minimum absolute atomic E-state index is 0.0132. The van der Waals surface area contributed by atoms with E-state index in [1.165, 1.54) is 0 Å². The number of hydrogen-bond donors (Lipinski definition) is 2. The number of piperazine rings is 1. The average Bonchev–Trinajstić information content (AvgIpc) is 3.54. The lowest BCUT2D eigenvalue weighted by molar-refractivity contribution is -0.117. The molecule has 2 fully saturated rings. The van der Waals surface area contributed by atoms with Crippen LogP contribution in [0.2, 0.25) is 0 Å². The summed E-state index contributed by atoms with van der Waals surface area (Å²) in [5, 5.41) is 10.2. The summed E-state index contributed by atoms with van der Waals surface area (Å²) in [4.78, 5) is 36.9. The van der Waals surface area contributed by atoms with Crippen LogP contribution in [0, 0.1) is 5.92 Å². The average molecular weight is 406 g/mol. The first-order valence-corrected chi connectivity index (χ1v) is 10.0. The number of anilines is 3. The number of carbonyl (C=O) groups excluding carboxylic acids is 2. The lowest BCUT2D eigenvalue weighted by Gasteiger charge is -2.35. The molecule has 0 atom stereocenters. The van der Waals surface area contributed by atoms with Crippen LogP contribution in [0.15, 0.2) is 42.7 Å². The van der Waals surface area contributed by atoms with E-state index < -0.39 is 0 Å². The van der Waals surface area contributed by atoms with Gasteiger partial charge in [0.2, 0.25) is 11.9 Å². The Labute approximate surface area is 172 Å². The largest absolute Gasteiger partial charge is 0.353 e. The van der Waals surface area contributed by atoms with Gasteiger partial charge in [-0.25, -0.2) is 4.79 Å². The molecule has 0 bridgehead atoms. The van der Waals surface area contributed by atoms with Crippen molar-refractivity contribution >= 4 is 35.0 Å². The Morgan fingerprint density at radius 1 is 1.00 bits per heavy atom. The van der Waals surface area contributed by atoms with Gasteiger partial charge in [0.25, 0.3) is 0 Å². The first-order chi connectivity index (χ1) is 14.7. The van der Waals surface area contributed by atoms with Gasteiger partial charge in [-0.3, -0.25) is 15.1 Å². The number of nitrogens with one attached hydrogen (secondary N) is 2. The summed E-state index contributed by atoms with van der Waals surface area (Å²) < 4.78 is 1.74. The Balaban J connectivity index is 1.25. The zero-order valence-corrected chi connectivity index (χ0v) is 16.4. The molecule has 3 amide bonds. The lowest BCUT2D eigenvalue weighted by Crippen LogP contribution is -2.50. The van der Waals surface area contributed by atoms with Gasteiger partial charge in [-0.15, -0.1) is 5.10 Å². The number of rotatable bonds is 4. The fraction of sp³-hybridized carbons (Fsp3) is 0.350.